The Morgan fingerprint density at radius 2 is 2.17 bits per heavy atom. The fourth-order valence-corrected chi connectivity index (χ4v) is 2.71. The maximum Gasteiger partial charge on any atom is 0.0236 e. The number of nitrogens with zero attached hydrogens (tertiary/aromatic N) is 1. The lowest BCUT2D eigenvalue weighted by Crippen LogP contribution is -2.26. The van der Waals surface area contributed by atoms with Gasteiger partial charge < -0.3 is 5.32 Å². The largest absolute Gasteiger partial charge is 0.313 e. The molecule has 2 heteroatoms. The number of hydrogen-bond acceptors (Lipinski definition) is 2. The number of rotatable bonds is 6. The van der Waals surface area contributed by atoms with Gasteiger partial charge in [-0.05, 0) is 50.4 Å². The van der Waals surface area contributed by atoms with Crippen LogP contribution in [0.15, 0.2) is 24.3 Å². The fourth-order valence-electron chi connectivity index (χ4n) is 2.71. The highest BCUT2D eigenvalue weighted by atomic mass is 15.2. The lowest BCUT2D eigenvalue weighted by atomic mass is 10.1. The van der Waals surface area contributed by atoms with Gasteiger partial charge in [-0.1, -0.05) is 31.2 Å². The summed E-state index contributed by atoms with van der Waals surface area (Å²) < 4.78 is 0. The summed E-state index contributed by atoms with van der Waals surface area (Å²) in [4.78, 5) is 2.60. The molecule has 0 radical (unpaired) electrons. The van der Waals surface area contributed by atoms with Gasteiger partial charge in [0.1, 0.15) is 0 Å². The van der Waals surface area contributed by atoms with Crippen LogP contribution in [0.25, 0.3) is 0 Å². The molecule has 1 heterocycles. The molecule has 1 aliphatic heterocycles. The lowest BCUT2D eigenvalue weighted by molar-refractivity contribution is 0.260. The molecule has 1 atom stereocenters. The Labute approximate surface area is 111 Å². The molecule has 1 aromatic carbocycles. The Balaban J connectivity index is 1.90. The molecule has 1 aromatic rings. The third kappa shape index (κ3) is 3.82. The molecular weight excluding hydrogens is 220 g/mol. The Kier molecular flexibility index (Phi) is 5.21. The van der Waals surface area contributed by atoms with Crippen molar-refractivity contribution in [2.45, 2.75) is 52.2 Å². The van der Waals surface area contributed by atoms with E-state index in [4.69, 9.17) is 0 Å². The van der Waals surface area contributed by atoms with Gasteiger partial charge >= 0.3 is 0 Å². The Morgan fingerprint density at radius 1 is 1.33 bits per heavy atom. The highest BCUT2D eigenvalue weighted by molar-refractivity contribution is 5.23. The first-order valence-electron chi connectivity index (χ1n) is 7.32. The van der Waals surface area contributed by atoms with E-state index in [0.717, 1.165) is 25.7 Å². The summed E-state index contributed by atoms with van der Waals surface area (Å²) in [5.41, 5.74) is 2.87. The third-order valence-electron chi connectivity index (χ3n) is 3.82. The van der Waals surface area contributed by atoms with Gasteiger partial charge in [-0.15, -0.1) is 0 Å². The van der Waals surface area contributed by atoms with Gasteiger partial charge in [-0.25, -0.2) is 0 Å². The van der Waals surface area contributed by atoms with Crippen molar-refractivity contribution < 1.29 is 0 Å². The minimum Gasteiger partial charge on any atom is -0.313 e. The molecule has 0 aromatic heterocycles. The molecular formula is C16H26N2. The highest BCUT2D eigenvalue weighted by Crippen LogP contribution is 2.19. The molecule has 0 aliphatic carbocycles. The van der Waals surface area contributed by atoms with E-state index in [1.54, 1.807) is 0 Å². The average Bonchev–Trinajstić information content (AvgIpc) is 2.76. The average molecular weight is 246 g/mol. The zero-order chi connectivity index (χ0) is 12.8. The standard InChI is InChI=1S/C16H26N2/c1-3-9-17-12-15-7-4-8-16(11-15)13-18-10-5-6-14(18)2/h4,7-8,11,14,17H,3,5-6,9-10,12-13H2,1-2H3. The normalized spacial score (nSPS) is 20.4. The summed E-state index contributed by atoms with van der Waals surface area (Å²) in [5, 5.41) is 3.47. The van der Waals surface area contributed by atoms with Crippen molar-refractivity contribution in [2.24, 2.45) is 0 Å². The summed E-state index contributed by atoms with van der Waals surface area (Å²) in [5.74, 6) is 0. The van der Waals surface area contributed by atoms with E-state index in [1.165, 1.54) is 36.9 Å². The molecule has 0 saturated carbocycles. The smallest absolute Gasteiger partial charge is 0.0236 e. The lowest BCUT2D eigenvalue weighted by Gasteiger charge is -2.21. The molecule has 18 heavy (non-hydrogen) atoms. The quantitative estimate of drug-likeness (QED) is 0.776. The topological polar surface area (TPSA) is 15.3 Å². The Hall–Kier alpha value is -0.860. The highest BCUT2D eigenvalue weighted by Gasteiger charge is 2.19. The zero-order valence-corrected chi connectivity index (χ0v) is 11.8. The molecule has 1 aliphatic rings. The summed E-state index contributed by atoms with van der Waals surface area (Å²) >= 11 is 0. The van der Waals surface area contributed by atoms with Crippen LogP contribution in [0.2, 0.25) is 0 Å². The minimum absolute atomic E-state index is 0.756. The second-order valence-corrected chi connectivity index (χ2v) is 5.46. The first-order valence-corrected chi connectivity index (χ1v) is 7.32. The van der Waals surface area contributed by atoms with Crippen LogP contribution in [-0.4, -0.2) is 24.0 Å². The van der Waals surface area contributed by atoms with E-state index in [2.05, 4.69) is 48.3 Å². The predicted molar refractivity (Wildman–Crippen MR) is 77.5 cm³/mol. The van der Waals surface area contributed by atoms with E-state index >= 15 is 0 Å². The number of nitrogens with one attached hydrogen (secondary N) is 1. The van der Waals surface area contributed by atoms with Gasteiger partial charge in [0.05, 0.1) is 0 Å². The van der Waals surface area contributed by atoms with Crippen LogP contribution in [0, 0.1) is 0 Å². The van der Waals surface area contributed by atoms with Gasteiger partial charge in [0.25, 0.3) is 0 Å². The molecule has 0 amide bonds. The van der Waals surface area contributed by atoms with Crippen LogP contribution in [0.5, 0.6) is 0 Å². The minimum atomic E-state index is 0.756. The monoisotopic (exact) mass is 246 g/mol. The number of hydrogen-bond donors (Lipinski definition) is 1. The third-order valence-corrected chi connectivity index (χ3v) is 3.82. The van der Waals surface area contributed by atoms with Gasteiger partial charge in [0, 0.05) is 19.1 Å². The first-order chi connectivity index (χ1) is 8.79. The molecule has 1 unspecified atom stereocenters. The van der Waals surface area contributed by atoms with E-state index in [1.807, 2.05) is 0 Å². The maximum absolute atomic E-state index is 3.47. The molecule has 1 fully saturated rings. The SMILES string of the molecule is CCCNCc1cccc(CN2CCCC2C)c1. The molecule has 0 spiro atoms. The van der Waals surface area contributed by atoms with Crippen LogP contribution in [0.1, 0.15) is 44.2 Å². The van der Waals surface area contributed by atoms with Crippen molar-refractivity contribution in [3.05, 3.63) is 35.4 Å². The molecule has 2 rings (SSSR count). The van der Waals surface area contributed by atoms with Gasteiger partial charge in [0.15, 0.2) is 0 Å². The zero-order valence-electron chi connectivity index (χ0n) is 11.8. The molecule has 2 nitrogen and oxygen atoms in total. The van der Waals surface area contributed by atoms with Crippen LogP contribution < -0.4 is 5.32 Å². The van der Waals surface area contributed by atoms with E-state index in [-0.39, 0.29) is 0 Å². The second-order valence-electron chi connectivity index (χ2n) is 5.46. The van der Waals surface area contributed by atoms with Gasteiger partial charge in [-0.2, -0.15) is 0 Å². The summed E-state index contributed by atoms with van der Waals surface area (Å²) in [6.45, 7) is 9.03. The summed E-state index contributed by atoms with van der Waals surface area (Å²) in [6.07, 6.45) is 3.92. The van der Waals surface area contributed by atoms with Crippen molar-refractivity contribution in [3.63, 3.8) is 0 Å². The molecule has 0 bridgehead atoms. The number of likely N-dealkylation sites (tertiary alicyclic amines) is 1. The second kappa shape index (κ2) is 6.91. The molecule has 1 saturated heterocycles. The Morgan fingerprint density at radius 3 is 2.89 bits per heavy atom. The number of benzene rings is 1. The van der Waals surface area contributed by atoms with Crippen LogP contribution in [0.3, 0.4) is 0 Å². The van der Waals surface area contributed by atoms with Crippen molar-refractivity contribution in [1.29, 1.82) is 0 Å². The fraction of sp³-hybridized carbons (Fsp3) is 0.625. The molecule has 1 N–H and O–H groups in total. The van der Waals surface area contributed by atoms with Crippen LogP contribution >= 0.6 is 0 Å². The van der Waals surface area contributed by atoms with E-state index < -0.39 is 0 Å². The van der Waals surface area contributed by atoms with E-state index in [0.29, 0.717) is 0 Å². The maximum atomic E-state index is 3.47. The predicted octanol–water partition coefficient (Wildman–Crippen LogP) is 3.17. The molecule has 100 valence electrons. The summed E-state index contributed by atoms with van der Waals surface area (Å²) in [6, 6.07) is 9.78. The van der Waals surface area contributed by atoms with Crippen LogP contribution in [-0.2, 0) is 13.1 Å². The first kappa shape index (κ1) is 13.6. The van der Waals surface area contributed by atoms with Crippen molar-refractivity contribution in [1.82, 2.24) is 10.2 Å². The van der Waals surface area contributed by atoms with Crippen molar-refractivity contribution in [3.8, 4) is 0 Å². The van der Waals surface area contributed by atoms with Crippen LogP contribution in [0.4, 0.5) is 0 Å². The van der Waals surface area contributed by atoms with Crippen molar-refractivity contribution >= 4 is 0 Å². The van der Waals surface area contributed by atoms with Gasteiger partial charge in [0.2, 0.25) is 0 Å². The van der Waals surface area contributed by atoms with E-state index in [9.17, 15) is 0 Å². The van der Waals surface area contributed by atoms with Crippen molar-refractivity contribution in [2.75, 3.05) is 13.1 Å². The summed E-state index contributed by atoms with van der Waals surface area (Å²) in [7, 11) is 0. The Bertz CT molecular complexity index is 362. The van der Waals surface area contributed by atoms with Gasteiger partial charge in [-0.3, -0.25) is 4.90 Å².